The highest BCUT2D eigenvalue weighted by atomic mass is 19.4. The molecule has 1 saturated carbocycles. The van der Waals surface area contributed by atoms with Gasteiger partial charge < -0.3 is 9.84 Å². The molecule has 1 heterocycles. The second-order valence-electron chi connectivity index (χ2n) is 14.5. The molecule has 0 spiro atoms. The van der Waals surface area contributed by atoms with E-state index in [9.17, 15) is 41.0 Å². The molecule has 13 heteroatoms. The van der Waals surface area contributed by atoms with Gasteiger partial charge in [-0.05, 0) is 60.2 Å². The second-order valence-corrected chi connectivity index (χ2v) is 14.5. The summed E-state index contributed by atoms with van der Waals surface area (Å²) in [4.78, 5) is 59.2. The van der Waals surface area contributed by atoms with Gasteiger partial charge in [0, 0.05) is 23.0 Å². The molecule has 4 aromatic rings. The van der Waals surface area contributed by atoms with E-state index in [0.717, 1.165) is 0 Å². The van der Waals surface area contributed by atoms with Crippen LogP contribution in [-0.4, -0.2) is 35.6 Å². The fourth-order valence-electron chi connectivity index (χ4n) is 9.48. The molecule has 0 unspecified atom stereocenters. The van der Waals surface area contributed by atoms with Gasteiger partial charge in [0.25, 0.3) is 0 Å². The number of nitrogens with zero attached hydrogens (tertiary/aromatic N) is 1. The first kappa shape index (κ1) is 37.0. The van der Waals surface area contributed by atoms with Crippen LogP contribution in [0.1, 0.15) is 46.6 Å². The summed E-state index contributed by atoms with van der Waals surface area (Å²) < 4.78 is 89.0. The molecule has 4 aromatic carbocycles. The van der Waals surface area contributed by atoms with Crippen LogP contribution in [0.3, 0.4) is 0 Å². The SMILES string of the molecule is COc1cccc([C@H]2C3=CC[C@@H]4C(=O)N(c5cc(C(F)(F)F)cc(C(F)(F)F)c5)C(=O)[C@@H]4[C@@H]3C[C@H]3C(=O)C(c4ccccc4)=CC(=O)[C@@]23c2ccccc2)c1O. The molecule has 2 amide bonds. The number of hydrogen-bond acceptors (Lipinski definition) is 6. The largest absolute Gasteiger partial charge is 0.504 e. The van der Waals surface area contributed by atoms with E-state index in [1.807, 2.05) is 0 Å². The van der Waals surface area contributed by atoms with Gasteiger partial charge in [0.1, 0.15) is 0 Å². The molecule has 6 atom stereocenters. The van der Waals surface area contributed by atoms with Gasteiger partial charge >= 0.3 is 12.4 Å². The Balaban J connectivity index is 1.35. The molecule has 56 heavy (non-hydrogen) atoms. The lowest BCUT2D eigenvalue weighted by atomic mass is 9.44. The van der Waals surface area contributed by atoms with E-state index in [2.05, 4.69) is 0 Å². The number of para-hydroxylation sites is 1. The molecule has 2 fully saturated rings. The van der Waals surface area contributed by atoms with Gasteiger partial charge in [0.2, 0.25) is 11.8 Å². The third kappa shape index (κ3) is 5.49. The highest BCUT2D eigenvalue weighted by Crippen LogP contribution is 2.65. The number of benzene rings is 4. The zero-order valence-electron chi connectivity index (χ0n) is 29.4. The molecule has 0 aromatic heterocycles. The van der Waals surface area contributed by atoms with Crippen molar-refractivity contribution in [1.29, 1.82) is 0 Å². The number of hydrogen-bond donors (Lipinski definition) is 1. The van der Waals surface area contributed by atoms with Crippen LogP contribution >= 0.6 is 0 Å². The molecule has 8 rings (SSSR count). The van der Waals surface area contributed by atoms with Crippen molar-refractivity contribution in [3.63, 3.8) is 0 Å². The lowest BCUT2D eigenvalue weighted by Crippen LogP contribution is -2.58. The number of carbonyl (C=O) groups excluding carboxylic acids is 4. The number of carbonyl (C=O) groups is 4. The molecule has 0 bridgehead atoms. The predicted molar refractivity (Wildman–Crippen MR) is 190 cm³/mol. The highest BCUT2D eigenvalue weighted by Gasteiger charge is 2.66. The number of halogens is 6. The lowest BCUT2D eigenvalue weighted by Gasteiger charge is -2.55. The number of ether oxygens (including phenoxy) is 1. The average molecular weight is 772 g/mol. The van der Waals surface area contributed by atoms with E-state index in [-0.39, 0.29) is 41.5 Å². The monoisotopic (exact) mass is 771 g/mol. The minimum Gasteiger partial charge on any atom is -0.504 e. The third-order valence-corrected chi connectivity index (χ3v) is 11.8. The fourth-order valence-corrected chi connectivity index (χ4v) is 9.48. The van der Waals surface area contributed by atoms with Gasteiger partial charge in [-0.1, -0.05) is 84.4 Å². The van der Waals surface area contributed by atoms with Gasteiger partial charge in [-0.2, -0.15) is 26.3 Å². The maximum Gasteiger partial charge on any atom is 0.416 e. The van der Waals surface area contributed by atoms with Crippen LogP contribution in [0.15, 0.2) is 115 Å². The van der Waals surface area contributed by atoms with Gasteiger partial charge in [-0.3, -0.25) is 19.2 Å². The highest BCUT2D eigenvalue weighted by molar-refractivity contribution is 6.32. The van der Waals surface area contributed by atoms with Crippen LogP contribution in [-0.2, 0) is 36.9 Å². The molecule has 7 nitrogen and oxygen atoms in total. The summed E-state index contributed by atoms with van der Waals surface area (Å²) in [5, 5.41) is 11.7. The van der Waals surface area contributed by atoms with Crippen molar-refractivity contribution in [3.05, 3.63) is 143 Å². The number of phenolic OH excluding ortho intramolecular Hbond substituents is 1. The summed E-state index contributed by atoms with van der Waals surface area (Å²) >= 11 is 0. The van der Waals surface area contributed by atoms with E-state index >= 15 is 9.59 Å². The zero-order valence-corrected chi connectivity index (χ0v) is 29.4. The summed E-state index contributed by atoms with van der Waals surface area (Å²) in [6.45, 7) is 0. The molecule has 1 aliphatic heterocycles. The Morgan fingerprint density at radius 2 is 1.39 bits per heavy atom. The maximum absolute atomic E-state index is 15.1. The van der Waals surface area contributed by atoms with Crippen molar-refractivity contribution in [1.82, 2.24) is 0 Å². The van der Waals surface area contributed by atoms with Crippen molar-refractivity contribution < 1.29 is 55.4 Å². The van der Waals surface area contributed by atoms with Gasteiger partial charge in [0.05, 0.1) is 41.2 Å². The lowest BCUT2D eigenvalue weighted by molar-refractivity contribution is -0.143. The number of ketones is 2. The minimum atomic E-state index is -5.24. The summed E-state index contributed by atoms with van der Waals surface area (Å²) in [5.41, 5.74) is -4.35. The van der Waals surface area contributed by atoms with Crippen molar-refractivity contribution in [2.45, 2.75) is 36.5 Å². The number of Topliss-reactive ketones (excluding diaryl/α,β-unsaturated/α-hetero) is 1. The van der Waals surface area contributed by atoms with Crippen LogP contribution in [0.25, 0.3) is 5.57 Å². The number of imide groups is 1. The van der Waals surface area contributed by atoms with Gasteiger partial charge in [0.15, 0.2) is 23.1 Å². The summed E-state index contributed by atoms with van der Waals surface area (Å²) in [6, 6.07) is 22.3. The Kier molecular flexibility index (Phi) is 8.62. The maximum atomic E-state index is 15.1. The van der Waals surface area contributed by atoms with Gasteiger partial charge in [-0.25, -0.2) is 4.90 Å². The van der Waals surface area contributed by atoms with E-state index in [0.29, 0.717) is 33.7 Å². The number of phenols is 1. The first-order valence-corrected chi connectivity index (χ1v) is 17.7. The van der Waals surface area contributed by atoms with Crippen LogP contribution in [0.4, 0.5) is 32.0 Å². The normalized spacial score (nSPS) is 26.3. The van der Waals surface area contributed by atoms with Crippen LogP contribution in [0.5, 0.6) is 11.5 Å². The average Bonchev–Trinajstić information content (AvgIpc) is 3.44. The molecule has 4 aliphatic rings. The van der Waals surface area contributed by atoms with Crippen molar-refractivity contribution in [2.24, 2.45) is 23.7 Å². The summed E-state index contributed by atoms with van der Waals surface area (Å²) in [7, 11) is 1.34. The van der Waals surface area contributed by atoms with E-state index in [1.165, 1.54) is 19.3 Å². The van der Waals surface area contributed by atoms with Crippen LogP contribution in [0, 0.1) is 23.7 Å². The first-order chi connectivity index (χ1) is 26.6. The quantitative estimate of drug-likeness (QED) is 0.124. The fraction of sp³-hybridized carbons (Fsp3) is 0.256. The standard InChI is InChI=1S/C43H31F6NO6/c1-56-33-14-8-13-29(38(33)53)36-27-15-16-28-35(40(55)50(39(28)54)26-18-24(42(44,45)46)17-25(19-26)43(47,48)49)31(27)20-32-37(52)30(22-9-4-2-5-10-22)21-34(51)41(32,36)23-11-6-3-7-12-23/h2-15,17-19,21,28,31-32,35-36,53H,16,20H2,1H3/t28-,31+,32-,35-,36+,41-/m0/s1. The van der Waals surface area contributed by atoms with Crippen molar-refractivity contribution in [2.75, 3.05) is 12.0 Å². The Morgan fingerprint density at radius 3 is 2.00 bits per heavy atom. The van der Waals surface area contributed by atoms with E-state index < -0.39 is 87.6 Å². The summed E-state index contributed by atoms with van der Waals surface area (Å²) in [6.07, 6.45) is -7.86. The number of amides is 2. The second kappa shape index (κ2) is 13.1. The van der Waals surface area contributed by atoms with Gasteiger partial charge in [-0.15, -0.1) is 0 Å². The summed E-state index contributed by atoms with van der Waals surface area (Å²) in [5.74, 6) is -9.11. The first-order valence-electron chi connectivity index (χ1n) is 17.7. The number of methoxy groups -OCH3 is 1. The molecule has 1 saturated heterocycles. The zero-order chi connectivity index (χ0) is 39.9. The molecule has 3 aliphatic carbocycles. The smallest absolute Gasteiger partial charge is 0.416 e. The third-order valence-electron chi connectivity index (χ3n) is 11.8. The van der Waals surface area contributed by atoms with Crippen LogP contribution < -0.4 is 9.64 Å². The molecular formula is C43H31F6NO6. The number of anilines is 1. The number of fused-ring (bicyclic) bond motifs is 4. The van der Waals surface area contributed by atoms with Crippen molar-refractivity contribution in [3.8, 4) is 11.5 Å². The van der Waals surface area contributed by atoms with E-state index in [4.69, 9.17) is 4.74 Å². The number of aromatic hydroxyl groups is 1. The molecule has 0 radical (unpaired) electrons. The topological polar surface area (TPSA) is 101 Å². The van der Waals surface area contributed by atoms with E-state index in [1.54, 1.807) is 78.9 Å². The molecular weight excluding hydrogens is 740 g/mol. The Morgan fingerprint density at radius 1 is 0.768 bits per heavy atom. The molecule has 286 valence electrons. The number of rotatable bonds is 5. The van der Waals surface area contributed by atoms with Crippen molar-refractivity contribution >= 4 is 34.6 Å². The number of allylic oxidation sites excluding steroid dienone is 4. The minimum absolute atomic E-state index is 0.0529. The Bertz CT molecular complexity index is 2340. The predicted octanol–water partition coefficient (Wildman–Crippen LogP) is 8.47. The Labute approximate surface area is 315 Å². The Hall–Kier alpha value is -5.98. The van der Waals surface area contributed by atoms with Crippen LogP contribution in [0.2, 0.25) is 0 Å². The number of alkyl halides is 6. The molecule has 1 N–H and O–H groups in total.